The summed E-state index contributed by atoms with van der Waals surface area (Å²) in [6.45, 7) is 3.95. The summed E-state index contributed by atoms with van der Waals surface area (Å²) in [4.78, 5) is 29.8. The van der Waals surface area contributed by atoms with Gasteiger partial charge in [0.25, 0.3) is 5.56 Å². The molecule has 0 radical (unpaired) electrons. The first kappa shape index (κ1) is 18.7. The van der Waals surface area contributed by atoms with Crippen molar-refractivity contribution in [3.63, 3.8) is 0 Å². The summed E-state index contributed by atoms with van der Waals surface area (Å²) in [7, 11) is 0. The summed E-state index contributed by atoms with van der Waals surface area (Å²) < 4.78 is 6.62. The van der Waals surface area contributed by atoms with Crippen LogP contribution in [0.25, 0.3) is 28.4 Å². The van der Waals surface area contributed by atoms with Gasteiger partial charge in [-0.25, -0.2) is 9.78 Å². The second-order valence-corrected chi connectivity index (χ2v) is 7.44. The molecule has 152 valence electrons. The van der Waals surface area contributed by atoms with Crippen molar-refractivity contribution in [1.29, 1.82) is 0 Å². The smallest absolute Gasteiger partial charge is 0.340 e. The van der Waals surface area contributed by atoms with Crippen molar-refractivity contribution < 1.29 is 14.6 Å². The lowest BCUT2D eigenvalue weighted by Crippen LogP contribution is -2.32. The Kier molecular flexibility index (Phi) is 4.49. The van der Waals surface area contributed by atoms with Gasteiger partial charge in [0.1, 0.15) is 6.61 Å². The van der Waals surface area contributed by atoms with Gasteiger partial charge in [0.05, 0.1) is 29.0 Å². The van der Waals surface area contributed by atoms with Gasteiger partial charge >= 0.3 is 5.97 Å². The molecule has 7 heteroatoms. The lowest BCUT2D eigenvalue weighted by Gasteiger charge is -2.21. The van der Waals surface area contributed by atoms with E-state index in [0.29, 0.717) is 29.1 Å². The van der Waals surface area contributed by atoms with E-state index in [1.165, 1.54) is 0 Å². The van der Waals surface area contributed by atoms with Gasteiger partial charge in [0.15, 0.2) is 6.10 Å². The number of nitrogens with one attached hydrogen (secondary N) is 1. The molecule has 2 aliphatic rings. The highest BCUT2D eigenvalue weighted by molar-refractivity contribution is 5.93. The quantitative estimate of drug-likeness (QED) is 0.401. The monoisotopic (exact) mass is 403 g/mol. The number of aromatic nitrogens is 2. The number of aliphatic hydroxyl groups excluding tert-OH is 1. The van der Waals surface area contributed by atoms with Gasteiger partial charge in [0, 0.05) is 23.1 Å². The van der Waals surface area contributed by atoms with Crippen molar-refractivity contribution in [2.45, 2.75) is 26.2 Å². The number of carbonyl (C=O) groups excluding carboxylic acids is 1. The van der Waals surface area contributed by atoms with Crippen molar-refractivity contribution in [3.8, 4) is 11.4 Å². The summed E-state index contributed by atoms with van der Waals surface area (Å²) in [6.07, 6.45) is 2.69. The Bertz CT molecular complexity index is 1280. The summed E-state index contributed by atoms with van der Waals surface area (Å²) in [5.41, 5.74) is 4.54. The molecule has 1 aromatic carbocycles. The molecule has 4 heterocycles. The van der Waals surface area contributed by atoms with Gasteiger partial charge in [0.2, 0.25) is 0 Å². The largest absolute Gasteiger partial charge is 0.458 e. The summed E-state index contributed by atoms with van der Waals surface area (Å²) >= 11 is 0. The molecule has 0 saturated heterocycles. The molecular weight excluding hydrogens is 382 g/mol. The van der Waals surface area contributed by atoms with Gasteiger partial charge in [-0.05, 0) is 24.2 Å². The number of pyridine rings is 2. The fourth-order valence-electron chi connectivity index (χ4n) is 4.20. The van der Waals surface area contributed by atoms with E-state index in [1.807, 2.05) is 24.3 Å². The topological polar surface area (TPSA) is 93.5 Å². The van der Waals surface area contributed by atoms with Crippen molar-refractivity contribution in [2.24, 2.45) is 0 Å². The Labute approximate surface area is 172 Å². The van der Waals surface area contributed by atoms with Crippen LogP contribution in [0.3, 0.4) is 0 Å². The van der Waals surface area contributed by atoms with Gasteiger partial charge in [-0.2, -0.15) is 0 Å². The Balaban J connectivity index is 1.73. The average molecular weight is 403 g/mol. The molecule has 2 N–H and O–H groups in total. The van der Waals surface area contributed by atoms with Crippen LogP contribution in [0, 0.1) is 0 Å². The summed E-state index contributed by atoms with van der Waals surface area (Å²) in [6, 6.07) is 9.60. The van der Waals surface area contributed by atoms with Crippen LogP contribution in [0.15, 0.2) is 41.2 Å². The van der Waals surface area contributed by atoms with Crippen molar-refractivity contribution in [3.05, 3.63) is 69.0 Å². The number of hydrogen-bond acceptors (Lipinski definition) is 6. The first-order chi connectivity index (χ1) is 14.6. The second-order valence-electron chi connectivity index (χ2n) is 7.44. The highest BCUT2D eigenvalue weighted by Crippen LogP contribution is 2.38. The van der Waals surface area contributed by atoms with Gasteiger partial charge in [-0.3, -0.25) is 4.79 Å². The Hall–Kier alpha value is -3.29. The van der Waals surface area contributed by atoms with Crippen LogP contribution in [-0.2, 0) is 22.7 Å². The SMILES string of the molecule is CCNC/C=C/c1c2c(nc3ccccc13)-c1cc3c(c(=O)n1C2)COC(=O)[C@H]3O. The van der Waals surface area contributed by atoms with Crippen LogP contribution in [0.5, 0.6) is 0 Å². The normalized spacial score (nSPS) is 17.1. The predicted octanol–water partition coefficient (Wildman–Crippen LogP) is 2.14. The molecule has 0 bridgehead atoms. The van der Waals surface area contributed by atoms with Crippen LogP contribution in [0.1, 0.15) is 35.3 Å². The molecule has 30 heavy (non-hydrogen) atoms. The van der Waals surface area contributed by atoms with Crippen LogP contribution >= 0.6 is 0 Å². The second kappa shape index (κ2) is 7.19. The maximum absolute atomic E-state index is 13.1. The minimum absolute atomic E-state index is 0.120. The van der Waals surface area contributed by atoms with E-state index in [-0.39, 0.29) is 12.2 Å². The third kappa shape index (κ3) is 2.78. The number of nitrogens with zero attached hydrogens (tertiary/aromatic N) is 2. The molecule has 7 nitrogen and oxygen atoms in total. The lowest BCUT2D eigenvalue weighted by atomic mass is 9.98. The minimum Gasteiger partial charge on any atom is -0.458 e. The summed E-state index contributed by atoms with van der Waals surface area (Å²) in [5, 5.41) is 14.6. The molecule has 0 aliphatic carbocycles. The third-order valence-electron chi connectivity index (χ3n) is 5.70. The van der Waals surface area contributed by atoms with E-state index in [2.05, 4.69) is 24.4 Å². The number of rotatable bonds is 4. The van der Waals surface area contributed by atoms with Gasteiger partial charge in [-0.1, -0.05) is 37.3 Å². The third-order valence-corrected chi connectivity index (χ3v) is 5.70. The maximum Gasteiger partial charge on any atom is 0.340 e. The van der Waals surface area contributed by atoms with Crippen molar-refractivity contribution >= 4 is 22.9 Å². The number of hydrogen-bond donors (Lipinski definition) is 2. The van der Waals surface area contributed by atoms with Crippen molar-refractivity contribution in [1.82, 2.24) is 14.9 Å². The summed E-state index contributed by atoms with van der Waals surface area (Å²) in [5.74, 6) is -0.733. The van der Waals surface area contributed by atoms with E-state index in [9.17, 15) is 14.7 Å². The first-order valence-corrected chi connectivity index (χ1v) is 10.0. The Morgan fingerprint density at radius 1 is 1.30 bits per heavy atom. The van der Waals surface area contributed by atoms with Crippen LogP contribution in [0.4, 0.5) is 0 Å². The van der Waals surface area contributed by atoms with Crippen LogP contribution < -0.4 is 10.9 Å². The van der Waals surface area contributed by atoms with Gasteiger partial charge in [-0.15, -0.1) is 0 Å². The molecule has 2 aliphatic heterocycles. The molecule has 5 rings (SSSR count). The number of benzene rings is 1. The molecule has 0 unspecified atom stereocenters. The molecule has 2 aromatic heterocycles. The fraction of sp³-hybridized carbons (Fsp3) is 0.261. The number of cyclic esters (lactones) is 1. The standard InChI is InChI=1S/C23H21N3O4/c1-2-24-9-5-7-13-14-6-3-4-8-18(14)25-20-16(13)11-26-19(20)10-15-17(22(26)28)12-30-23(29)21(15)27/h3-8,10,21,24,27H,2,9,11-12H2,1H3/b7-5+/t21-/m0/s1. The van der Waals surface area contributed by atoms with E-state index in [0.717, 1.165) is 35.1 Å². The number of carbonyl (C=O) groups is 1. The maximum atomic E-state index is 13.1. The van der Waals surface area contributed by atoms with E-state index in [1.54, 1.807) is 10.6 Å². The minimum atomic E-state index is -1.45. The zero-order valence-electron chi connectivity index (χ0n) is 16.5. The van der Waals surface area contributed by atoms with Crippen LogP contribution in [0.2, 0.25) is 0 Å². The zero-order valence-corrected chi connectivity index (χ0v) is 16.5. The van der Waals surface area contributed by atoms with Crippen molar-refractivity contribution in [2.75, 3.05) is 13.1 Å². The highest BCUT2D eigenvalue weighted by Gasteiger charge is 2.34. The van der Waals surface area contributed by atoms with E-state index < -0.39 is 12.1 Å². The van der Waals surface area contributed by atoms with E-state index >= 15 is 0 Å². The number of fused-ring (bicyclic) bond motifs is 5. The zero-order chi connectivity index (χ0) is 20.8. The highest BCUT2D eigenvalue weighted by atomic mass is 16.5. The molecule has 0 fully saturated rings. The van der Waals surface area contributed by atoms with E-state index in [4.69, 9.17) is 9.72 Å². The average Bonchev–Trinajstić information content (AvgIpc) is 3.12. The molecule has 1 atom stereocenters. The number of likely N-dealkylation sites (N-methyl/N-ethyl adjacent to an activating group) is 1. The number of aliphatic hydroxyl groups is 1. The first-order valence-electron chi connectivity index (χ1n) is 10.0. The molecule has 0 amide bonds. The molecule has 0 saturated carbocycles. The Morgan fingerprint density at radius 3 is 2.97 bits per heavy atom. The Morgan fingerprint density at radius 2 is 2.13 bits per heavy atom. The number of ether oxygens (including phenoxy) is 1. The van der Waals surface area contributed by atoms with Gasteiger partial charge < -0.3 is 19.7 Å². The van der Waals surface area contributed by atoms with Crippen LogP contribution in [-0.4, -0.2) is 33.7 Å². The fourth-order valence-corrected chi connectivity index (χ4v) is 4.20. The predicted molar refractivity (Wildman–Crippen MR) is 113 cm³/mol. The molecule has 3 aromatic rings. The molecule has 0 spiro atoms. The number of esters is 1. The lowest BCUT2D eigenvalue weighted by molar-refractivity contribution is -0.157. The number of para-hydroxylation sites is 1. The molecular formula is C23H21N3O4.